The van der Waals surface area contributed by atoms with E-state index >= 15 is 0 Å². The summed E-state index contributed by atoms with van der Waals surface area (Å²) in [6.07, 6.45) is 3.87. The average molecular weight is 233 g/mol. The molecule has 1 aromatic carbocycles. The minimum absolute atomic E-state index is 0.237. The molecule has 2 N–H and O–H groups in total. The van der Waals surface area contributed by atoms with Crippen LogP contribution in [0.25, 0.3) is 11.0 Å². The molecule has 0 saturated heterocycles. The molecule has 0 amide bonds. The number of H-pyrrole nitrogens is 1. The van der Waals surface area contributed by atoms with Crippen LogP contribution in [-0.2, 0) is 0 Å². The van der Waals surface area contributed by atoms with Crippen LogP contribution in [0.4, 0.5) is 10.3 Å². The summed E-state index contributed by atoms with van der Waals surface area (Å²) in [6, 6.07) is 4.59. The molecule has 1 saturated carbocycles. The zero-order chi connectivity index (χ0) is 11.9. The monoisotopic (exact) mass is 233 g/mol. The number of imidazole rings is 1. The number of fused-ring (bicyclic) bond motifs is 1. The molecule has 0 spiro atoms. The number of rotatable bonds is 3. The minimum Gasteiger partial charge on any atom is -0.355 e. The van der Waals surface area contributed by atoms with Gasteiger partial charge in [0, 0.05) is 6.54 Å². The number of aromatic amines is 1. The number of halogens is 1. The minimum atomic E-state index is -0.237. The zero-order valence-corrected chi connectivity index (χ0v) is 9.89. The lowest BCUT2D eigenvalue weighted by Gasteiger charge is -2.38. The molecular formula is C13H16FN3. The second-order valence-corrected chi connectivity index (χ2v) is 5.26. The molecule has 90 valence electrons. The van der Waals surface area contributed by atoms with Crippen LogP contribution in [0.2, 0.25) is 0 Å². The smallest absolute Gasteiger partial charge is 0.201 e. The van der Waals surface area contributed by atoms with Crippen molar-refractivity contribution in [1.29, 1.82) is 0 Å². The van der Waals surface area contributed by atoms with Crippen LogP contribution in [0.3, 0.4) is 0 Å². The third-order valence-corrected chi connectivity index (χ3v) is 3.69. The van der Waals surface area contributed by atoms with Crippen LogP contribution >= 0.6 is 0 Å². The van der Waals surface area contributed by atoms with Crippen molar-refractivity contribution in [1.82, 2.24) is 9.97 Å². The highest BCUT2D eigenvalue weighted by atomic mass is 19.1. The molecular weight excluding hydrogens is 217 g/mol. The van der Waals surface area contributed by atoms with Crippen LogP contribution in [0, 0.1) is 11.2 Å². The van der Waals surface area contributed by atoms with E-state index in [0.29, 0.717) is 5.41 Å². The van der Waals surface area contributed by atoms with E-state index in [1.54, 1.807) is 6.07 Å². The van der Waals surface area contributed by atoms with Gasteiger partial charge < -0.3 is 10.3 Å². The number of anilines is 1. The SMILES string of the molecule is CC1(CNc2nc3ccc(F)cc3[nH]2)CCC1. The quantitative estimate of drug-likeness (QED) is 0.854. The molecule has 17 heavy (non-hydrogen) atoms. The van der Waals surface area contributed by atoms with Crippen LogP contribution in [0.15, 0.2) is 18.2 Å². The normalized spacial score (nSPS) is 18.0. The van der Waals surface area contributed by atoms with Crippen LogP contribution in [0.5, 0.6) is 0 Å². The number of nitrogens with zero attached hydrogens (tertiary/aromatic N) is 1. The topological polar surface area (TPSA) is 40.7 Å². The largest absolute Gasteiger partial charge is 0.355 e. The average Bonchev–Trinajstić information content (AvgIpc) is 2.65. The van der Waals surface area contributed by atoms with E-state index in [0.717, 1.165) is 23.5 Å². The Morgan fingerprint density at radius 1 is 1.47 bits per heavy atom. The summed E-state index contributed by atoms with van der Waals surface area (Å²) in [6.45, 7) is 3.21. The van der Waals surface area contributed by atoms with E-state index in [4.69, 9.17) is 0 Å². The fraction of sp³-hybridized carbons (Fsp3) is 0.462. The maximum Gasteiger partial charge on any atom is 0.201 e. The second kappa shape index (κ2) is 3.72. The molecule has 1 aliphatic rings. The zero-order valence-electron chi connectivity index (χ0n) is 9.89. The van der Waals surface area contributed by atoms with E-state index < -0.39 is 0 Å². The molecule has 3 nitrogen and oxygen atoms in total. The molecule has 1 aromatic heterocycles. The number of nitrogens with one attached hydrogen (secondary N) is 2. The molecule has 2 aromatic rings. The Morgan fingerprint density at radius 2 is 2.29 bits per heavy atom. The van der Waals surface area contributed by atoms with Gasteiger partial charge in [0.05, 0.1) is 11.0 Å². The van der Waals surface area contributed by atoms with Gasteiger partial charge in [0.25, 0.3) is 0 Å². The number of benzene rings is 1. The summed E-state index contributed by atoms with van der Waals surface area (Å²) in [5, 5.41) is 3.31. The maximum atomic E-state index is 13.0. The summed E-state index contributed by atoms with van der Waals surface area (Å²) in [5.41, 5.74) is 1.95. The number of hydrogen-bond acceptors (Lipinski definition) is 2. The van der Waals surface area contributed by atoms with Crippen molar-refractivity contribution in [3.05, 3.63) is 24.0 Å². The lowest BCUT2D eigenvalue weighted by atomic mass is 9.70. The Bertz CT molecular complexity index is 543. The van der Waals surface area contributed by atoms with Crippen molar-refractivity contribution in [3.63, 3.8) is 0 Å². The van der Waals surface area contributed by atoms with Crippen molar-refractivity contribution in [3.8, 4) is 0 Å². The first-order valence-electron chi connectivity index (χ1n) is 6.04. The predicted octanol–water partition coefficient (Wildman–Crippen LogP) is 3.30. The van der Waals surface area contributed by atoms with Crippen molar-refractivity contribution < 1.29 is 4.39 Å². The van der Waals surface area contributed by atoms with Gasteiger partial charge in [0.1, 0.15) is 5.82 Å². The lowest BCUT2D eigenvalue weighted by Crippen LogP contribution is -2.33. The Labute approximate surface area is 99.4 Å². The van der Waals surface area contributed by atoms with Gasteiger partial charge in [-0.3, -0.25) is 0 Å². The molecule has 0 bridgehead atoms. The maximum absolute atomic E-state index is 13.0. The van der Waals surface area contributed by atoms with Crippen LogP contribution in [0.1, 0.15) is 26.2 Å². The predicted molar refractivity (Wildman–Crippen MR) is 66.5 cm³/mol. The van der Waals surface area contributed by atoms with E-state index in [2.05, 4.69) is 22.2 Å². The molecule has 0 atom stereocenters. The molecule has 3 rings (SSSR count). The van der Waals surface area contributed by atoms with E-state index in [-0.39, 0.29) is 5.82 Å². The van der Waals surface area contributed by atoms with Crippen LogP contribution < -0.4 is 5.32 Å². The van der Waals surface area contributed by atoms with Crippen molar-refractivity contribution in [2.75, 3.05) is 11.9 Å². The summed E-state index contributed by atoms with van der Waals surface area (Å²) in [4.78, 5) is 7.48. The van der Waals surface area contributed by atoms with Gasteiger partial charge in [0.15, 0.2) is 0 Å². The van der Waals surface area contributed by atoms with Gasteiger partial charge >= 0.3 is 0 Å². The Balaban J connectivity index is 1.76. The first-order chi connectivity index (χ1) is 8.15. The van der Waals surface area contributed by atoms with Gasteiger partial charge in [-0.25, -0.2) is 9.37 Å². The second-order valence-electron chi connectivity index (χ2n) is 5.26. The van der Waals surface area contributed by atoms with Crippen molar-refractivity contribution in [2.45, 2.75) is 26.2 Å². The molecule has 0 unspecified atom stereocenters. The Hall–Kier alpha value is -1.58. The van der Waals surface area contributed by atoms with Crippen molar-refractivity contribution in [2.24, 2.45) is 5.41 Å². The van der Waals surface area contributed by atoms with E-state index in [1.807, 2.05) is 0 Å². The molecule has 4 heteroatoms. The van der Waals surface area contributed by atoms with Gasteiger partial charge in [-0.15, -0.1) is 0 Å². The highest BCUT2D eigenvalue weighted by Crippen LogP contribution is 2.40. The lowest BCUT2D eigenvalue weighted by molar-refractivity contribution is 0.179. The summed E-state index contributed by atoms with van der Waals surface area (Å²) < 4.78 is 13.0. The van der Waals surface area contributed by atoms with E-state index in [1.165, 1.54) is 31.4 Å². The first kappa shape index (κ1) is 10.6. The summed E-state index contributed by atoms with van der Waals surface area (Å²) in [7, 11) is 0. The fourth-order valence-electron chi connectivity index (χ4n) is 2.32. The highest BCUT2D eigenvalue weighted by molar-refractivity contribution is 5.77. The third-order valence-electron chi connectivity index (χ3n) is 3.69. The van der Waals surface area contributed by atoms with Gasteiger partial charge in [-0.1, -0.05) is 13.3 Å². The van der Waals surface area contributed by atoms with E-state index in [9.17, 15) is 4.39 Å². The first-order valence-corrected chi connectivity index (χ1v) is 6.04. The molecule has 1 heterocycles. The highest BCUT2D eigenvalue weighted by Gasteiger charge is 2.31. The molecule has 0 aliphatic heterocycles. The Morgan fingerprint density at radius 3 is 3.00 bits per heavy atom. The fourth-order valence-corrected chi connectivity index (χ4v) is 2.32. The Kier molecular flexibility index (Phi) is 2.31. The van der Waals surface area contributed by atoms with Crippen molar-refractivity contribution >= 4 is 17.0 Å². The molecule has 1 fully saturated rings. The number of hydrogen-bond donors (Lipinski definition) is 2. The van der Waals surface area contributed by atoms with Gasteiger partial charge in [0.2, 0.25) is 5.95 Å². The molecule has 0 radical (unpaired) electrons. The standard InChI is InChI=1S/C13H16FN3/c1-13(5-2-6-13)8-15-12-16-10-4-3-9(14)7-11(10)17-12/h3-4,7H,2,5-6,8H2,1H3,(H2,15,16,17). The molecule has 1 aliphatic carbocycles. The number of aromatic nitrogens is 2. The summed E-state index contributed by atoms with van der Waals surface area (Å²) >= 11 is 0. The van der Waals surface area contributed by atoms with Gasteiger partial charge in [-0.2, -0.15) is 0 Å². The third kappa shape index (κ3) is 1.99. The van der Waals surface area contributed by atoms with Crippen LogP contribution in [-0.4, -0.2) is 16.5 Å². The summed E-state index contributed by atoms with van der Waals surface area (Å²) in [5.74, 6) is 0.498. The van der Waals surface area contributed by atoms with Gasteiger partial charge in [-0.05, 0) is 36.5 Å².